The van der Waals surface area contributed by atoms with E-state index in [2.05, 4.69) is 0 Å². The van der Waals surface area contributed by atoms with Gasteiger partial charge in [-0.3, -0.25) is 10.1 Å². The van der Waals surface area contributed by atoms with Crippen LogP contribution in [-0.4, -0.2) is 10.0 Å². The van der Waals surface area contributed by atoms with Crippen LogP contribution < -0.4 is 0 Å². The average molecular weight is 279 g/mol. The average Bonchev–Trinajstić information content (AvgIpc) is 2.54. The molecule has 104 valence electrons. The Morgan fingerprint density at radius 3 is 2.14 bits per heavy atom. The minimum absolute atomic E-state index is 0.0180. The maximum absolute atomic E-state index is 10.6. The summed E-state index contributed by atoms with van der Waals surface area (Å²) in [6, 6.07) is 19.6. The van der Waals surface area contributed by atoms with Gasteiger partial charge in [0.25, 0.3) is 5.69 Å². The van der Waals surface area contributed by atoms with Crippen LogP contribution >= 0.6 is 0 Å². The van der Waals surface area contributed by atoms with Crippen LogP contribution in [0.2, 0.25) is 0 Å². The Balaban J connectivity index is 1.95. The molecule has 1 atom stereocenters. The fourth-order valence-electron chi connectivity index (χ4n) is 2.35. The molecule has 4 nitrogen and oxygen atoms in total. The zero-order valence-corrected chi connectivity index (χ0v) is 11.1. The number of rotatable bonds is 3. The summed E-state index contributed by atoms with van der Waals surface area (Å²) in [5, 5.41) is 23.2. The first-order chi connectivity index (χ1) is 10.1. The lowest BCUT2D eigenvalue weighted by molar-refractivity contribution is -0.384. The summed E-state index contributed by atoms with van der Waals surface area (Å²) in [4.78, 5) is 10.2. The summed E-state index contributed by atoms with van der Waals surface area (Å²) >= 11 is 0. The maximum atomic E-state index is 10.6. The Labute approximate surface area is 121 Å². The van der Waals surface area contributed by atoms with Crippen LogP contribution in [0.5, 0.6) is 0 Å². The molecule has 3 aromatic carbocycles. The number of non-ortho nitro benzene ring substituents is 1. The number of hydrogen-bond acceptors (Lipinski definition) is 3. The lowest BCUT2D eigenvalue weighted by Crippen LogP contribution is -2.00. The van der Waals surface area contributed by atoms with Crippen LogP contribution in [0, 0.1) is 10.1 Å². The molecule has 3 rings (SSSR count). The van der Waals surface area contributed by atoms with Crippen LogP contribution in [0.4, 0.5) is 5.69 Å². The molecule has 0 saturated carbocycles. The van der Waals surface area contributed by atoms with Crippen molar-refractivity contribution >= 4 is 16.5 Å². The second kappa shape index (κ2) is 5.34. The van der Waals surface area contributed by atoms with Crippen molar-refractivity contribution in [1.82, 2.24) is 0 Å². The van der Waals surface area contributed by atoms with Crippen molar-refractivity contribution in [3.63, 3.8) is 0 Å². The monoisotopic (exact) mass is 279 g/mol. The van der Waals surface area contributed by atoms with Gasteiger partial charge in [-0.2, -0.15) is 0 Å². The number of aliphatic hydroxyl groups is 1. The number of nitro benzene ring substituents is 1. The molecule has 0 radical (unpaired) electrons. The van der Waals surface area contributed by atoms with Gasteiger partial charge in [-0.1, -0.05) is 36.4 Å². The van der Waals surface area contributed by atoms with Gasteiger partial charge in [-0.25, -0.2) is 0 Å². The third-order valence-electron chi connectivity index (χ3n) is 3.51. The molecule has 1 unspecified atom stereocenters. The van der Waals surface area contributed by atoms with Crippen LogP contribution in [0.25, 0.3) is 10.8 Å². The SMILES string of the molecule is O=[N+]([O-])c1ccc(C(O)c2ccc3ccccc3c2)cc1. The van der Waals surface area contributed by atoms with Crippen LogP contribution in [-0.2, 0) is 0 Å². The predicted octanol–water partition coefficient (Wildman–Crippen LogP) is 3.83. The molecule has 0 aliphatic carbocycles. The van der Waals surface area contributed by atoms with E-state index in [1.165, 1.54) is 12.1 Å². The number of nitro groups is 1. The smallest absolute Gasteiger partial charge is 0.269 e. The summed E-state index contributed by atoms with van der Waals surface area (Å²) in [5.74, 6) is 0. The maximum Gasteiger partial charge on any atom is 0.269 e. The fraction of sp³-hybridized carbons (Fsp3) is 0.0588. The predicted molar refractivity (Wildman–Crippen MR) is 81.1 cm³/mol. The number of aliphatic hydroxyl groups excluding tert-OH is 1. The van der Waals surface area contributed by atoms with Crippen molar-refractivity contribution in [1.29, 1.82) is 0 Å². The molecular weight excluding hydrogens is 266 g/mol. The van der Waals surface area contributed by atoms with Crippen molar-refractivity contribution in [2.75, 3.05) is 0 Å². The van der Waals surface area contributed by atoms with Crippen LogP contribution in [0.3, 0.4) is 0 Å². The largest absolute Gasteiger partial charge is 0.384 e. The highest BCUT2D eigenvalue weighted by molar-refractivity contribution is 5.83. The normalized spacial score (nSPS) is 12.2. The van der Waals surface area contributed by atoms with Gasteiger partial charge in [-0.05, 0) is 40.1 Å². The second-order valence-electron chi connectivity index (χ2n) is 4.86. The van der Waals surface area contributed by atoms with E-state index in [0.29, 0.717) is 5.56 Å². The summed E-state index contributed by atoms with van der Waals surface area (Å²) in [6.07, 6.45) is -0.796. The third kappa shape index (κ3) is 2.61. The molecule has 0 amide bonds. The molecule has 0 aliphatic heterocycles. The minimum Gasteiger partial charge on any atom is -0.384 e. The first-order valence-electron chi connectivity index (χ1n) is 6.56. The van der Waals surface area contributed by atoms with Gasteiger partial charge in [0.05, 0.1) is 4.92 Å². The van der Waals surface area contributed by atoms with Crippen molar-refractivity contribution < 1.29 is 10.0 Å². The van der Waals surface area contributed by atoms with Gasteiger partial charge in [0.1, 0.15) is 6.10 Å². The summed E-state index contributed by atoms with van der Waals surface area (Å²) in [5.41, 5.74) is 1.42. The van der Waals surface area contributed by atoms with Gasteiger partial charge >= 0.3 is 0 Å². The van der Waals surface area contributed by atoms with Gasteiger partial charge in [-0.15, -0.1) is 0 Å². The summed E-state index contributed by atoms with van der Waals surface area (Å²) in [6.45, 7) is 0. The Morgan fingerprint density at radius 2 is 1.48 bits per heavy atom. The number of fused-ring (bicyclic) bond motifs is 1. The van der Waals surface area contributed by atoms with Gasteiger partial charge < -0.3 is 5.11 Å². The molecule has 0 aliphatic rings. The van der Waals surface area contributed by atoms with Crippen molar-refractivity contribution in [3.8, 4) is 0 Å². The summed E-state index contributed by atoms with van der Waals surface area (Å²) < 4.78 is 0. The van der Waals surface area contributed by atoms with E-state index in [0.717, 1.165) is 16.3 Å². The number of benzene rings is 3. The lowest BCUT2D eigenvalue weighted by atomic mass is 9.98. The molecule has 4 heteroatoms. The third-order valence-corrected chi connectivity index (χ3v) is 3.51. The molecular formula is C17H13NO3. The minimum atomic E-state index is -0.796. The Kier molecular flexibility index (Phi) is 3.38. The van der Waals surface area contributed by atoms with Gasteiger partial charge in [0, 0.05) is 12.1 Å². The standard InChI is InChI=1S/C17H13NO3/c19-17(13-7-9-16(10-8-13)18(20)21)15-6-5-12-3-1-2-4-14(12)11-15/h1-11,17,19H. The quantitative estimate of drug-likeness (QED) is 0.585. The van der Waals surface area contributed by atoms with Crippen molar-refractivity contribution in [2.45, 2.75) is 6.10 Å². The number of hydrogen-bond donors (Lipinski definition) is 1. The van der Waals surface area contributed by atoms with E-state index >= 15 is 0 Å². The fourth-order valence-corrected chi connectivity index (χ4v) is 2.35. The molecule has 21 heavy (non-hydrogen) atoms. The Bertz CT molecular complexity index is 796. The topological polar surface area (TPSA) is 63.4 Å². The van der Waals surface area contributed by atoms with E-state index in [-0.39, 0.29) is 5.69 Å². The number of nitrogens with zero attached hydrogens (tertiary/aromatic N) is 1. The molecule has 0 heterocycles. The van der Waals surface area contributed by atoms with E-state index in [9.17, 15) is 15.2 Å². The van der Waals surface area contributed by atoms with Crippen molar-refractivity contribution in [3.05, 3.63) is 88.0 Å². The summed E-state index contributed by atoms with van der Waals surface area (Å²) in [7, 11) is 0. The molecule has 0 aromatic heterocycles. The van der Waals surface area contributed by atoms with E-state index in [4.69, 9.17) is 0 Å². The molecule has 1 N–H and O–H groups in total. The highest BCUT2D eigenvalue weighted by Gasteiger charge is 2.12. The first kappa shape index (κ1) is 13.3. The Morgan fingerprint density at radius 1 is 0.857 bits per heavy atom. The Hall–Kier alpha value is -2.72. The molecule has 0 saturated heterocycles. The van der Waals surface area contributed by atoms with E-state index < -0.39 is 11.0 Å². The van der Waals surface area contributed by atoms with Crippen LogP contribution in [0.1, 0.15) is 17.2 Å². The zero-order chi connectivity index (χ0) is 14.8. The molecule has 0 spiro atoms. The molecule has 0 fully saturated rings. The molecule has 3 aromatic rings. The van der Waals surface area contributed by atoms with Crippen LogP contribution in [0.15, 0.2) is 66.7 Å². The zero-order valence-electron chi connectivity index (χ0n) is 11.1. The second-order valence-corrected chi connectivity index (χ2v) is 4.86. The van der Waals surface area contributed by atoms with Gasteiger partial charge in [0.15, 0.2) is 0 Å². The molecule has 0 bridgehead atoms. The lowest BCUT2D eigenvalue weighted by Gasteiger charge is -2.12. The van der Waals surface area contributed by atoms with Crippen molar-refractivity contribution in [2.24, 2.45) is 0 Å². The highest BCUT2D eigenvalue weighted by Crippen LogP contribution is 2.26. The van der Waals surface area contributed by atoms with E-state index in [1.54, 1.807) is 12.1 Å². The first-order valence-corrected chi connectivity index (χ1v) is 6.56. The highest BCUT2D eigenvalue weighted by atomic mass is 16.6. The van der Waals surface area contributed by atoms with Gasteiger partial charge in [0.2, 0.25) is 0 Å². The van der Waals surface area contributed by atoms with E-state index in [1.807, 2.05) is 42.5 Å².